The minimum absolute atomic E-state index is 0.211. The minimum atomic E-state index is -0.769. The van der Waals surface area contributed by atoms with Gasteiger partial charge in [-0.1, -0.05) is 0 Å². The second-order valence-electron chi connectivity index (χ2n) is 1.83. The van der Waals surface area contributed by atoms with Crippen molar-refractivity contribution in [3.63, 3.8) is 0 Å². The molecule has 1 aromatic rings. The first-order chi connectivity index (χ1) is 4.72. The van der Waals surface area contributed by atoms with Gasteiger partial charge in [-0.3, -0.25) is 5.73 Å². The molecule has 1 aromatic heterocycles. The van der Waals surface area contributed by atoms with Crippen molar-refractivity contribution in [1.29, 1.82) is 0 Å². The zero-order chi connectivity index (χ0) is 7.56. The molecule has 4 nitrogen and oxygen atoms in total. The van der Waals surface area contributed by atoms with Gasteiger partial charge in [-0.15, -0.1) is 0 Å². The van der Waals surface area contributed by atoms with Crippen LogP contribution in [0.4, 0.5) is 5.82 Å². The van der Waals surface area contributed by atoms with Crippen LogP contribution in [0.2, 0.25) is 0 Å². The molecule has 10 heavy (non-hydrogen) atoms. The lowest BCUT2D eigenvalue weighted by Crippen LogP contribution is -2.14. The van der Waals surface area contributed by atoms with E-state index in [1.165, 1.54) is 6.07 Å². The van der Waals surface area contributed by atoms with E-state index in [0.717, 1.165) is 0 Å². The molecule has 0 aromatic carbocycles. The van der Waals surface area contributed by atoms with Gasteiger partial charge < -0.3 is 5.11 Å². The molecule has 5 N–H and O–H groups in total. The molecule has 0 unspecified atom stereocenters. The predicted molar refractivity (Wildman–Crippen MR) is 35.4 cm³/mol. The van der Waals surface area contributed by atoms with Gasteiger partial charge in [0.2, 0.25) is 5.56 Å². The summed E-state index contributed by atoms with van der Waals surface area (Å²) in [4.78, 5) is 13.1. The summed E-state index contributed by atoms with van der Waals surface area (Å²) in [6.07, 6.45) is 1.60. The lowest BCUT2D eigenvalue weighted by molar-refractivity contribution is -0.360. The van der Waals surface area contributed by atoms with Crippen molar-refractivity contribution in [2.45, 2.75) is 0 Å². The van der Waals surface area contributed by atoms with Gasteiger partial charge in [0.05, 0.1) is 6.20 Å². The molecule has 0 fully saturated rings. The van der Waals surface area contributed by atoms with Crippen LogP contribution >= 0.6 is 0 Å². The Morgan fingerprint density at radius 2 is 2.40 bits per heavy atom. The number of rotatable bonds is 1. The highest BCUT2D eigenvalue weighted by molar-refractivity contribution is 5.91. The van der Waals surface area contributed by atoms with E-state index in [1.54, 1.807) is 12.3 Å². The van der Waals surface area contributed by atoms with Crippen molar-refractivity contribution in [3.8, 4) is 0 Å². The highest BCUT2D eigenvalue weighted by Gasteiger charge is 2.18. The van der Waals surface area contributed by atoms with Gasteiger partial charge >= 0.3 is 5.97 Å². The number of H-pyrrole nitrogens is 1. The first-order valence-corrected chi connectivity index (χ1v) is 2.74. The Morgan fingerprint density at radius 3 is 2.80 bits per heavy atom. The minimum Gasteiger partial charge on any atom is -0.561 e. The van der Waals surface area contributed by atoms with E-state index in [0.29, 0.717) is 0 Å². The summed E-state index contributed by atoms with van der Waals surface area (Å²) < 4.78 is 0. The van der Waals surface area contributed by atoms with Crippen LogP contribution in [0.1, 0.15) is 10.4 Å². The van der Waals surface area contributed by atoms with Crippen molar-refractivity contribution in [1.82, 2.24) is 0 Å². The van der Waals surface area contributed by atoms with Gasteiger partial charge in [0.15, 0.2) is 0 Å². The van der Waals surface area contributed by atoms with Crippen LogP contribution in [0.25, 0.3) is 0 Å². The first kappa shape index (κ1) is 6.54. The summed E-state index contributed by atoms with van der Waals surface area (Å²) >= 11 is 0. The zero-order valence-electron chi connectivity index (χ0n) is 5.22. The number of nitrogen functional groups attached to an aromatic ring is 1. The monoisotopic (exact) mass is 140 g/mol. The first-order valence-electron chi connectivity index (χ1n) is 2.74. The SMILES string of the molecule is Nc1[nH+]cccc1C(=O)[OH2+]. The average Bonchev–Trinajstić information content (AvgIpc) is 1.88. The van der Waals surface area contributed by atoms with Gasteiger partial charge in [-0.05, 0) is 12.1 Å². The van der Waals surface area contributed by atoms with Crippen molar-refractivity contribution >= 4 is 11.8 Å². The van der Waals surface area contributed by atoms with Crippen molar-refractivity contribution in [3.05, 3.63) is 23.9 Å². The number of carbonyl (C=O) groups excluding carboxylic acids is 1. The number of aromatic amines is 1. The zero-order valence-corrected chi connectivity index (χ0v) is 5.22. The number of pyridine rings is 1. The second kappa shape index (κ2) is 2.34. The molecule has 0 atom stereocenters. The summed E-state index contributed by atoms with van der Waals surface area (Å²) in [5.74, 6) is -0.531. The lowest BCUT2D eigenvalue weighted by atomic mass is 10.3. The Balaban J connectivity index is 3.15. The summed E-state index contributed by atoms with van der Waals surface area (Å²) in [6, 6.07) is 3.12. The van der Waals surface area contributed by atoms with E-state index < -0.39 is 5.97 Å². The third-order valence-corrected chi connectivity index (χ3v) is 1.13. The number of hydrogen-bond donors (Lipinski definition) is 1. The van der Waals surface area contributed by atoms with Gasteiger partial charge in [0, 0.05) is 4.79 Å². The Kier molecular flexibility index (Phi) is 1.53. The lowest BCUT2D eigenvalue weighted by Gasteiger charge is -1.86. The van der Waals surface area contributed by atoms with Crippen LogP contribution in [-0.4, -0.2) is 11.1 Å². The molecule has 0 saturated carbocycles. The van der Waals surface area contributed by atoms with Crippen LogP contribution in [-0.2, 0) is 0 Å². The normalized spacial score (nSPS) is 9.20. The highest BCUT2D eigenvalue weighted by Crippen LogP contribution is 2.01. The fourth-order valence-electron chi connectivity index (χ4n) is 0.648. The summed E-state index contributed by atoms with van der Waals surface area (Å²) in [5.41, 5.74) is 5.54. The molecule has 4 heteroatoms. The maximum atomic E-state index is 10.4. The highest BCUT2D eigenvalue weighted by atomic mass is 16.4. The van der Waals surface area contributed by atoms with Gasteiger partial charge in [-0.25, -0.2) is 4.98 Å². The molecule has 0 amide bonds. The molecular formula is C6H8N2O2+2. The number of hydrogen-bond acceptors (Lipinski definition) is 2. The van der Waals surface area contributed by atoms with Gasteiger partial charge in [-0.2, -0.15) is 0 Å². The van der Waals surface area contributed by atoms with E-state index in [1.807, 2.05) is 0 Å². The average molecular weight is 140 g/mol. The number of nitrogens with two attached hydrogens (primary N) is 1. The molecule has 52 valence electrons. The van der Waals surface area contributed by atoms with E-state index in [-0.39, 0.29) is 11.4 Å². The summed E-state index contributed by atoms with van der Waals surface area (Å²) in [6.45, 7) is 0. The molecule has 0 aliphatic heterocycles. The smallest absolute Gasteiger partial charge is 0.557 e. The molecule has 0 aliphatic rings. The van der Waals surface area contributed by atoms with Crippen LogP contribution in [0.5, 0.6) is 0 Å². The van der Waals surface area contributed by atoms with Gasteiger partial charge in [0.1, 0.15) is 0 Å². The van der Waals surface area contributed by atoms with E-state index in [2.05, 4.69) is 4.98 Å². The van der Waals surface area contributed by atoms with E-state index in [9.17, 15) is 4.79 Å². The molecular weight excluding hydrogens is 132 g/mol. The van der Waals surface area contributed by atoms with E-state index in [4.69, 9.17) is 10.8 Å². The van der Waals surface area contributed by atoms with Crippen LogP contribution in [0, 0.1) is 0 Å². The fraction of sp³-hybridized carbons (Fsp3) is 0. The van der Waals surface area contributed by atoms with Crippen molar-refractivity contribution in [2.75, 3.05) is 5.73 Å². The molecule has 0 saturated heterocycles. The quantitative estimate of drug-likeness (QED) is 0.505. The maximum Gasteiger partial charge on any atom is 0.557 e. The molecule has 0 radical (unpaired) electrons. The van der Waals surface area contributed by atoms with Gasteiger partial charge in [0.25, 0.3) is 5.82 Å². The van der Waals surface area contributed by atoms with Crippen LogP contribution < -0.4 is 10.7 Å². The van der Waals surface area contributed by atoms with Crippen LogP contribution in [0.3, 0.4) is 0 Å². The van der Waals surface area contributed by atoms with Crippen LogP contribution in [0.15, 0.2) is 18.3 Å². The Labute approximate surface area is 57.3 Å². The Hall–Kier alpha value is -1.58. The molecule has 0 bridgehead atoms. The topological polar surface area (TPSA) is 80.1 Å². The van der Waals surface area contributed by atoms with E-state index >= 15 is 0 Å². The summed E-state index contributed by atoms with van der Waals surface area (Å²) in [7, 11) is 0. The van der Waals surface area contributed by atoms with Crippen molar-refractivity contribution in [2.24, 2.45) is 0 Å². The standard InChI is InChI=1S/C6H6N2O2/c7-5-4(6(9)10)2-1-3-8-5/h1-3H,(H2,7,8)(H,9,10)/p+2. The largest absolute Gasteiger partial charge is 0.561 e. The molecule has 1 heterocycles. The molecule has 1 rings (SSSR count). The Morgan fingerprint density at radius 1 is 1.70 bits per heavy atom. The Bertz CT molecular complexity index is 260. The molecule has 0 aliphatic carbocycles. The molecule has 0 spiro atoms. The number of carbonyl (C=O) groups is 1. The maximum absolute atomic E-state index is 10.4. The summed E-state index contributed by atoms with van der Waals surface area (Å²) in [5, 5.41) is 6.72. The number of aromatic nitrogens is 1. The third-order valence-electron chi connectivity index (χ3n) is 1.13. The second-order valence-corrected chi connectivity index (χ2v) is 1.83. The van der Waals surface area contributed by atoms with Crippen molar-refractivity contribution < 1.29 is 14.9 Å². The fourth-order valence-corrected chi connectivity index (χ4v) is 0.648. The number of nitrogens with one attached hydrogen (secondary N) is 1. The third kappa shape index (κ3) is 1.05. The number of anilines is 1. The predicted octanol–water partition coefficient (Wildman–Crippen LogP) is -1.05.